The Morgan fingerprint density at radius 1 is 1.09 bits per heavy atom. The predicted octanol–water partition coefficient (Wildman–Crippen LogP) is 2.99. The quantitative estimate of drug-likeness (QED) is 0.445. The summed E-state index contributed by atoms with van der Waals surface area (Å²) in [5.41, 5.74) is 2.26. The molecule has 0 unspecified atom stereocenters. The Kier molecular flexibility index (Phi) is 7.96. The lowest BCUT2D eigenvalue weighted by Crippen LogP contribution is -2.47. The number of ether oxygens (including phenoxy) is 2. The van der Waals surface area contributed by atoms with Crippen molar-refractivity contribution in [3.63, 3.8) is 0 Å². The van der Waals surface area contributed by atoms with Crippen LogP contribution in [0.2, 0.25) is 0 Å². The third-order valence-corrected chi connectivity index (χ3v) is 7.49. The number of H-pyrrole nitrogens is 1. The SMILES string of the molecule is CCCCCc1cc2c(cc1CCCCC)[C@@]1(OC2)[C@@H](CO)O[C@@H](n2cc(C)c(=O)[nH]c2=O)[C@@H]1O. The molecule has 4 rings (SSSR count). The van der Waals surface area contributed by atoms with Gasteiger partial charge in [0.2, 0.25) is 0 Å². The minimum atomic E-state index is -1.29. The van der Waals surface area contributed by atoms with E-state index in [1.165, 1.54) is 28.3 Å². The fraction of sp³-hybridized carbons (Fsp3) is 0.630. The Morgan fingerprint density at radius 3 is 2.37 bits per heavy atom. The number of fused-ring (bicyclic) bond motifs is 2. The van der Waals surface area contributed by atoms with Gasteiger partial charge in [0.1, 0.15) is 12.2 Å². The molecule has 0 aliphatic carbocycles. The van der Waals surface area contributed by atoms with E-state index >= 15 is 0 Å². The van der Waals surface area contributed by atoms with Crippen LogP contribution in [0.1, 0.15) is 86.4 Å². The molecule has 1 fully saturated rings. The van der Waals surface area contributed by atoms with Crippen LogP contribution >= 0.6 is 0 Å². The van der Waals surface area contributed by atoms with Crippen molar-refractivity contribution in [3.8, 4) is 0 Å². The molecule has 0 bridgehead atoms. The summed E-state index contributed by atoms with van der Waals surface area (Å²) in [7, 11) is 0. The van der Waals surface area contributed by atoms with Crippen molar-refractivity contribution in [2.24, 2.45) is 0 Å². The molecule has 3 heterocycles. The van der Waals surface area contributed by atoms with Gasteiger partial charge in [-0.05, 0) is 54.9 Å². The smallest absolute Gasteiger partial charge is 0.330 e. The first-order valence-electron chi connectivity index (χ1n) is 12.9. The van der Waals surface area contributed by atoms with Gasteiger partial charge in [0.25, 0.3) is 5.56 Å². The average molecular weight is 487 g/mol. The number of hydrogen-bond acceptors (Lipinski definition) is 6. The Hall–Kier alpha value is -2.26. The second kappa shape index (κ2) is 10.8. The highest BCUT2D eigenvalue weighted by Crippen LogP contribution is 2.52. The minimum absolute atomic E-state index is 0.300. The van der Waals surface area contributed by atoms with E-state index in [4.69, 9.17) is 9.47 Å². The Balaban J connectivity index is 1.75. The van der Waals surface area contributed by atoms with Gasteiger partial charge in [-0.3, -0.25) is 14.3 Å². The zero-order valence-electron chi connectivity index (χ0n) is 21.0. The van der Waals surface area contributed by atoms with E-state index in [0.29, 0.717) is 12.2 Å². The van der Waals surface area contributed by atoms with Crippen LogP contribution in [0.5, 0.6) is 0 Å². The molecule has 1 saturated heterocycles. The number of aromatic amines is 1. The first-order valence-corrected chi connectivity index (χ1v) is 12.9. The molecule has 4 atom stereocenters. The van der Waals surface area contributed by atoms with Crippen LogP contribution in [0.4, 0.5) is 0 Å². The highest BCUT2D eigenvalue weighted by Gasteiger charge is 2.62. The molecule has 0 radical (unpaired) electrons. The first-order chi connectivity index (χ1) is 16.9. The van der Waals surface area contributed by atoms with E-state index in [2.05, 4.69) is 31.0 Å². The monoisotopic (exact) mass is 486 g/mol. The molecule has 192 valence electrons. The molecular weight excluding hydrogens is 448 g/mol. The van der Waals surface area contributed by atoms with Crippen LogP contribution in [-0.4, -0.2) is 38.6 Å². The molecule has 2 aliphatic heterocycles. The lowest BCUT2D eigenvalue weighted by Gasteiger charge is -2.32. The number of aromatic nitrogens is 2. The Bertz CT molecular complexity index is 1160. The number of unbranched alkanes of at least 4 members (excludes halogenated alkanes) is 4. The van der Waals surface area contributed by atoms with E-state index in [1.807, 2.05) is 0 Å². The predicted molar refractivity (Wildman–Crippen MR) is 132 cm³/mol. The summed E-state index contributed by atoms with van der Waals surface area (Å²) < 4.78 is 13.5. The van der Waals surface area contributed by atoms with Gasteiger partial charge in [-0.2, -0.15) is 0 Å². The van der Waals surface area contributed by atoms with Crippen molar-refractivity contribution >= 4 is 0 Å². The van der Waals surface area contributed by atoms with Crippen LogP contribution in [0, 0.1) is 6.92 Å². The summed E-state index contributed by atoms with van der Waals surface area (Å²) in [6, 6.07) is 4.34. The largest absolute Gasteiger partial charge is 0.394 e. The van der Waals surface area contributed by atoms with Gasteiger partial charge < -0.3 is 19.7 Å². The van der Waals surface area contributed by atoms with Gasteiger partial charge in [-0.1, -0.05) is 51.7 Å². The first kappa shape index (κ1) is 25.8. The van der Waals surface area contributed by atoms with E-state index in [0.717, 1.165) is 56.1 Å². The summed E-state index contributed by atoms with van der Waals surface area (Å²) in [5.74, 6) is 0. The summed E-state index contributed by atoms with van der Waals surface area (Å²) in [4.78, 5) is 26.7. The summed E-state index contributed by atoms with van der Waals surface area (Å²) >= 11 is 0. The molecule has 1 aromatic carbocycles. The van der Waals surface area contributed by atoms with E-state index in [1.54, 1.807) is 6.92 Å². The standard InChI is InChI=1S/C27H38N2O6/c1-4-6-8-10-18-12-20-16-34-27(21(20)13-19(18)11-9-7-5-2)22(15-30)35-25(23(27)31)29-14-17(3)24(32)28-26(29)33/h12-14,22-23,25,30-31H,4-11,15-16H2,1-3H3,(H,28,32,33)/t22-,23+,25-,27-/m1/s1. The minimum Gasteiger partial charge on any atom is -0.394 e. The topological polar surface area (TPSA) is 114 Å². The second-order valence-electron chi connectivity index (χ2n) is 9.90. The number of hydrogen-bond donors (Lipinski definition) is 3. The van der Waals surface area contributed by atoms with Gasteiger partial charge in [0.05, 0.1) is 13.2 Å². The molecule has 0 saturated carbocycles. The molecule has 0 amide bonds. The average Bonchev–Trinajstić information content (AvgIpc) is 3.35. The maximum atomic E-state index is 12.6. The molecule has 3 N–H and O–H groups in total. The number of aliphatic hydroxyl groups excluding tert-OH is 2. The number of rotatable bonds is 10. The van der Waals surface area contributed by atoms with Crippen molar-refractivity contribution < 1.29 is 19.7 Å². The number of nitrogens with one attached hydrogen (secondary N) is 1. The fourth-order valence-electron chi connectivity index (χ4n) is 5.52. The van der Waals surface area contributed by atoms with Crippen LogP contribution < -0.4 is 11.2 Å². The van der Waals surface area contributed by atoms with Crippen molar-refractivity contribution in [2.75, 3.05) is 6.61 Å². The van der Waals surface area contributed by atoms with Crippen LogP contribution in [0.15, 0.2) is 27.9 Å². The normalized spacial score (nSPS) is 25.5. The summed E-state index contributed by atoms with van der Waals surface area (Å²) in [5, 5.41) is 21.8. The van der Waals surface area contributed by atoms with Gasteiger partial charge in [-0.15, -0.1) is 0 Å². The maximum absolute atomic E-state index is 12.6. The summed E-state index contributed by atoms with van der Waals surface area (Å²) in [6.07, 6.45) is 6.95. The van der Waals surface area contributed by atoms with E-state index in [9.17, 15) is 19.8 Å². The van der Waals surface area contributed by atoms with Gasteiger partial charge in [0, 0.05) is 11.8 Å². The number of benzene rings is 1. The molecule has 1 aromatic heterocycles. The molecular formula is C27H38N2O6. The number of nitrogens with zero attached hydrogens (tertiary/aromatic N) is 1. The molecule has 8 heteroatoms. The summed E-state index contributed by atoms with van der Waals surface area (Å²) in [6.45, 7) is 5.89. The molecule has 2 aromatic rings. The molecule has 35 heavy (non-hydrogen) atoms. The van der Waals surface area contributed by atoms with E-state index in [-0.39, 0.29) is 6.61 Å². The highest BCUT2D eigenvalue weighted by atomic mass is 16.6. The lowest BCUT2D eigenvalue weighted by molar-refractivity contribution is -0.135. The van der Waals surface area contributed by atoms with Crippen LogP contribution in [-0.2, 0) is 34.5 Å². The third kappa shape index (κ3) is 4.65. The van der Waals surface area contributed by atoms with Crippen LogP contribution in [0.25, 0.3) is 0 Å². The third-order valence-electron chi connectivity index (χ3n) is 7.49. The lowest BCUT2D eigenvalue weighted by atomic mass is 9.81. The fourth-order valence-corrected chi connectivity index (χ4v) is 5.52. The van der Waals surface area contributed by atoms with Gasteiger partial charge in [0.15, 0.2) is 11.8 Å². The second-order valence-corrected chi connectivity index (χ2v) is 9.90. The molecule has 8 nitrogen and oxygen atoms in total. The van der Waals surface area contributed by atoms with Gasteiger partial charge >= 0.3 is 5.69 Å². The number of aliphatic hydroxyl groups is 2. The van der Waals surface area contributed by atoms with Crippen molar-refractivity contribution in [1.82, 2.24) is 9.55 Å². The number of aryl methyl sites for hydroxylation is 3. The van der Waals surface area contributed by atoms with Crippen molar-refractivity contribution in [1.29, 1.82) is 0 Å². The Labute approximate surface area is 205 Å². The van der Waals surface area contributed by atoms with E-state index < -0.39 is 35.3 Å². The zero-order chi connectivity index (χ0) is 25.2. The van der Waals surface area contributed by atoms with Gasteiger partial charge in [-0.25, -0.2) is 4.79 Å². The maximum Gasteiger partial charge on any atom is 0.330 e. The van der Waals surface area contributed by atoms with Crippen LogP contribution in [0.3, 0.4) is 0 Å². The highest BCUT2D eigenvalue weighted by molar-refractivity contribution is 5.46. The zero-order valence-corrected chi connectivity index (χ0v) is 21.0. The van der Waals surface area contributed by atoms with Crippen molar-refractivity contribution in [3.05, 3.63) is 67.0 Å². The molecule has 2 aliphatic rings. The van der Waals surface area contributed by atoms with Crippen molar-refractivity contribution in [2.45, 2.75) is 103 Å². The molecule has 1 spiro atoms. The Morgan fingerprint density at radius 2 is 1.74 bits per heavy atom.